The molecule has 5 heteroatoms. The molecule has 0 fully saturated rings. The summed E-state index contributed by atoms with van der Waals surface area (Å²) in [6.45, 7) is 3.37. The van der Waals surface area contributed by atoms with E-state index < -0.39 is 0 Å². The minimum absolute atomic E-state index is 0.248. The Morgan fingerprint density at radius 2 is 1.86 bits per heavy atom. The lowest BCUT2D eigenvalue weighted by molar-refractivity contribution is 0.0319. The fraction of sp³-hybridized carbons (Fsp3) is 0.312. The van der Waals surface area contributed by atoms with Crippen LogP contribution in [0.25, 0.3) is 11.1 Å². The van der Waals surface area contributed by atoms with Crippen LogP contribution >= 0.6 is 0 Å². The molecule has 0 radical (unpaired) electrons. The third-order valence-corrected chi connectivity index (χ3v) is 2.83. The molecular weight excluding hydrogens is 268 g/mol. The smallest absolute Gasteiger partial charge is 0.338 e. The summed E-state index contributed by atoms with van der Waals surface area (Å²) in [5.74, 6) is -0.366. The van der Waals surface area contributed by atoms with E-state index in [4.69, 9.17) is 9.47 Å². The molecule has 2 aromatic rings. The standard InChI is InChI=1S/C16H18N2O3/c1-2-7-20-8-9-21-16(19)15-6-4-3-5-14(15)13-10-17-12-18-11-13/h3-6,10-12H,2,7-9H2,1H3. The molecule has 1 aromatic carbocycles. The van der Waals surface area contributed by atoms with E-state index in [2.05, 4.69) is 9.97 Å². The Bertz CT molecular complexity index is 573. The van der Waals surface area contributed by atoms with Gasteiger partial charge in [-0.15, -0.1) is 0 Å². The number of aromatic nitrogens is 2. The molecule has 0 aliphatic carbocycles. The van der Waals surface area contributed by atoms with Crippen molar-refractivity contribution in [1.82, 2.24) is 9.97 Å². The van der Waals surface area contributed by atoms with E-state index in [9.17, 15) is 4.79 Å². The lowest BCUT2D eigenvalue weighted by Crippen LogP contribution is -2.12. The van der Waals surface area contributed by atoms with Gasteiger partial charge in [-0.05, 0) is 18.1 Å². The molecule has 0 bridgehead atoms. The highest BCUT2D eigenvalue weighted by atomic mass is 16.6. The Hall–Kier alpha value is -2.27. The van der Waals surface area contributed by atoms with Gasteiger partial charge in [-0.2, -0.15) is 0 Å². The summed E-state index contributed by atoms with van der Waals surface area (Å²) in [7, 11) is 0. The van der Waals surface area contributed by atoms with Gasteiger partial charge >= 0.3 is 5.97 Å². The van der Waals surface area contributed by atoms with Crippen molar-refractivity contribution in [3.63, 3.8) is 0 Å². The number of hydrogen-bond acceptors (Lipinski definition) is 5. The van der Waals surface area contributed by atoms with E-state index in [1.165, 1.54) is 6.33 Å². The van der Waals surface area contributed by atoms with E-state index in [0.717, 1.165) is 17.5 Å². The first-order chi connectivity index (χ1) is 10.3. The predicted octanol–water partition coefficient (Wildman–Crippen LogP) is 2.73. The molecule has 1 heterocycles. The Kier molecular flexibility index (Phi) is 5.84. The van der Waals surface area contributed by atoms with E-state index in [-0.39, 0.29) is 12.6 Å². The monoisotopic (exact) mass is 286 g/mol. The van der Waals surface area contributed by atoms with E-state index in [0.29, 0.717) is 18.8 Å². The zero-order valence-corrected chi connectivity index (χ0v) is 12.0. The van der Waals surface area contributed by atoms with E-state index >= 15 is 0 Å². The SMILES string of the molecule is CCCOCCOC(=O)c1ccccc1-c1cncnc1. The summed E-state index contributed by atoms with van der Waals surface area (Å²) in [5.41, 5.74) is 2.05. The van der Waals surface area contributed by atoms with Crippen molar-refractivity contribution in [2.24, 2.45) is 0 Å². The molecule has 0 amide bonds. The number of hydrogen-bond donors (Lipinski definition) is 0. The minimum atomic E-state index is -0.366. The van der Waals surface area contributed by atoms with Crippen molar-refractivity contribution >= 4 is 5.97 Å². The maximum absolute atomic E-state index is 12.2. The molecule has 0 saturated heterocycles. The highest BCUT2D eigenvalue weighted by Gasteiger charge is 2.13. The Morgan fingerprint density at radius 1 is 1.10 bits per heavy atom. The van der Waals surface area contributed by atoms with Gasteiger partial charge in [0.25, 0.3) is 0 Å². The van der Waals surface area contributed by atoms with Crippen molar-refractivity contribution in [1.29, 1.82) is 0 Å². The van der Waals surface area contributed by atoms with Gasteiger partial charge in [-0.25, -0.2) is 14.8 Å². The molecule has 0 N–H and O–H groups in total. The Labute approximate surface area is 124 Å². The fourth-order valence-corrected chi connectivity index (χ4v) is 1.87. The first kappa shape index (κ1) is 15.1. The highest BCUT2D eigenvalue weighted by molar-refractivity contribution is 5.97. The van der Waals surface area contributed by atoms with Gasteiger partial charge in [0.1, 0.15) is 12.9 Å². The van der Waals surface area contributed by atoms with Crippen LogP contribution in [0, 0.1) is 0 Å². The second kappa shape index (κ2) is 8.11. The van der Waals surface area contributed by atoms with E-state index in [1.807, 2.05) is 19.1 Å². The fourth-order valence-electron chi connectivity index (χ4n) is 1.87. The largest absolute Gasteiger partial charge is 0.460 e. The first-order valence-corrected chi connectivity index (χ1v) is 6.92. The van der Waals surface area contributed by atoms with Crippen molar-refractivity contribution in [2.75, 3.05) is 19.8 Å². The van der Waals surface area contributed by atoms with Gasteiger partial charge in [0, 0.05) is 24.6 Å². The second-order valence-electron chi connectivity index (χ2n) is 4.42. The Balaban J connectivity index is 2.04. The molecule has 0 unspecified atom stereocenters. The van der Waals surface area contributed by atoms with Gasteiger partial charge in [-0.1, -0.05) is 25.1 Å². The van der Waals surface area contributed by atoms with Crippen molar-refractivity contribution in [2.45, 2.75) is 13.3 Å². The molecular formula is C16H18N2O3. The van der Waals surface area contributed by atoms with E-state index in [1.54, 1.807) is 24.5 Å². The number of rotatable bonds is 7. The summed E-state index contributed by atoms with van der Waals surface area (Å²) in [6, 6.07) is 7.25. The molecule has 0 spiro atoms. The summed E-state index contributed by atoms with van der Waals surface area (Å²) in [4.78, 5) is 20.1. The number of nitrogens with zero attached hydrogens (tertiary/aromatic N) is 2. The quantitative estimate of drug-likeness (QED) is 0.578. The Morgan fingerprint density at radius 3 is 2.62 bits per heavy atom. The van der Waals surface area contributed by atoms with Crippen LogP contribution in [0.15, 0.2) is 43.0 Å². The lowest BCUT2D eigenvalue weighted by atomic mass is 10.0. The number of carbonyl (C=O) groups excluding carboxylic acids is 1. The van der Waals surface area contributed by atoms with Crippen LogP contribution < -0.4 is 0 Å². The zero-order valence-electron chi connectivity index (χ0n) is 12.0. The van der Waals surface area contributed by atoms with Crippen LogP contribution in [0.5, 0.6) is 0 Å². The maximum Gasteiger partial charge on any atom is 0.338 e. The normalized spacial score (nSPS) is 10.3. The van der Waals surface area contributed by atoms with Gasteiger partial charge < -0.3 is 9.47 Å². The average Bonchev–Trinajstić information content (AvgIpc) is 2.55. The van der Waals surface area contributed by atoms with Gasteiger partial charge in [0.2, 0.25) is 0 Å². The van der Waals surface area contributed by atoms with Gasteiger partial charge in [-0.3, -0.25) is 0 Å². The van der Waals surface area contributed by atoms with Crippen molar-refractivity contribution < 1.29 is 14.3 Å². The predicted molar refractivity (Wildman–Crippen MR) is 78.9 cm³/mol. The number of esters is 1. The molecule has 110 valence electrons. The van der Waals surface area contributed by atoms with Crippen LogP contribution in [-0.2, 0) is 9.47 Å². The van der Waals surface area contributed by atoms with Crippen LogP contribution in [0.1, 0.15) is 23.7 Å². The second-order valence-corrected chi connectivity index (χ2v) is 4.42. The highest BCUT2D eigenvalue weighted by Crippen LogP contribution is 2.22. The van der Waals surface area contributed by atoms with Crippen molar-refractivity contribution in [3.8, 4) is 11.1 Å². The molecule has 0 aliphatic heterocycles. The average molecular weight is 286 g/mol. The molecule has 2 rings (SSSR count). The number of carbonyl (C=O) groups is 1. The summed E-state index contributed by atoms with van der Waals surface area (Å²) >= 11 is 0. The molecule has 5 nitrogen and oxygen atoms in total. The molecule has 0 atom stereocenters. The third kappa shape index (κ3) is 4.36. The summed E-state index contributed by atoms with van der Waals surface area (Å²) in [6.07, 6.45) is 5.74. The summed E-state index contributed by atoms with van der Waals surface area (Å²) < 4.78 is 10.5. The maximum atomic E-state index is 12.2. The van der Waals surface area contributed by atoms with Gasteiger partial charge in [0.15, 0.2) is 0 Å². The summed E-state index contributed by atoms with van der Waals surface area (Å²) in [5, 5.41) is 0. The minimum Gasteiger partial charge on any atom is -0.460 e. The molecule has 21 heavy (non-hydrogen) atoms. The number of benzene rings is 1. The number of ether oxygens (including phenoxy) is 2. The van der Waals surface area contributed by atoms with Gasteiger partial charge in [0.05, 0.1) is 12.2 Å². The molecule has 0 aliphatic rings. The van der Waals surface area contributed by atoms with Crippen LogP contribution in [0.3, 0.4) is 0 Å². The van der Waals surface area contributed by atoms with Crippen molar-refractivity contribution in [3.05, 3.63) is 48.5 Å². The first-order valence-electron chi connectivity index (χ1n) is 6.92. The van der Waals surface area contributed by atoms with Crippen LogP contribution in [0.2, 0.25) is 0 Å². The molecule has 1 aromatic heterocycles. The zero-order chi connectivity index (χ0) is 14.9. The molecule has 0 saturated carbocycles. The topological polar surface area (TPSA) is 61.3 Å². The lowest BCUT2D eigenvalue weighted by Gasteiger charge is -2.09. The third-order valence-electron chi connectivity index (χ3n) is 2.83. The van der Waals surface area contributed by atoms with Crippen LogP contribution in [0.4, 0.5) is 0 Å². The van der Waals surface area contributed by atoms with Crippen LogP contribution in [-0.4, -0.2) is 35.8 Å².